The second-order valence-electron chi connectivity index (χ2n) is 5.91. The number of unbranched alkanes of at least 4 members (excludes halogenated alkanes) is 2. The Balaban J connectivity index is 1.90. The summed E-state index contributed by atoms with van der Waals surface area (Å²) in [5.41, 5.74) is 0.860. The van der Waals surface area contributed by atoms with Crippen LogP contribution in [-0.2, 0) is 4.79 Å². The SMILES string of the molecule is CCCCCC(C)NC(=O)CSc1nnc(-c2ccccc2Br)n1N. The summed E-state index contributed by atoms with van der Waals surface area (Å²) in [6, 6.07) is 7.86. The lowest BCUT2D eigenvalue weighted by Gasteiger charge is -2.13. The number of nitrogen functional groups attached to an aromatic ring is 1. The monoisotopic (exact) mass is 425 g/mol. The topological polar surface area (TPSA) is 85.8 Å². The van der Waals surface area contributed by atoms with E-state index in [4.69, 9.17) is 5.84 Å². The van der Waals surface area contributed by atoms with Crippen molar-refractivity contribution in [3.8, 4) is 11.4 Å². The number of hydrogen-bond donors (Lipinski definition) is 2. The first-order valence-electron chi connectivity index (χ1n) is 8.40. The number of nitrogens with two attached hydrogens (primary N) is 1. The molecule has 2 aromatic rings. The van der Waals surface area contributed by atoms with Crippen molar-refractivity contribution >= 4 is 33.6 Å². The molecular formula is C17H24BrN5OS. The van der Waals surface area contributed by atoms with Crippen LogP contribution in [0, 0.1) is 0 Å². The van der Waals surface area contributed by atoms with Crippen LogP contribution >= 0.6 is 27.7 Å². The fraction of sp³-hybridized carbons (Fsp3) is 0.471. The molecule has 0 aliphatic rings. The van der Waals surface area contributed by atoms with Gasteiger partial charge in [-0.25, -0.2) is 4.68 Å². The van der Waals surface area contributed by atoms with Gasteiger partial charge < -0.3 is 11.2 Å². The Morgan fingerprint density at radius 2 is 2.12 bits per heavy atom. The Kier molecular flexibility index (Phi) is 7.77. The molecule has 1 heterocycles. The van der Waals surface area contributed by atoms with Crippen LogP contribution in [0.2, 0.25) is 0 Å². The van der Waals surface area contributed by atoms with Gasteiger partial charge in [0.05, 0.1) is 5.75 Å². The number of benzene rings is 1. The number of nitrogens with one attached hydrogen (secondary N) is 1. The smallest absolute Gasteiger partial charge is 0.230 e. The van der Waals surface area contributed by atoms with E-state index in [2.05, 4.69) is 38.4 Å². The number of rotatable bonds is 9. The van der Waals surface area contributed by atoms with Crippen LogP contribution in [-0.4, -0.2) is 32.6 Å². The fourth-order valence-corrected chi connectivity index (χ4v) is 3.55. The third-order valence-corrected chi connectivity index (χ3v) is 5.39. The van der Waals surface area contributed by atoms with Gasteiger partial charge in [-0.3, -0.25) is 4.79 Å². The van der Waals surface area contributed by atoms with Crippen molar-refractivity contribution in [2.24, 2.45) is 0 Å². The number of thioether (sulfide) groups is 1. The summed E-state index contributed by atoms with van der Waals surface area (Å²) in [5, 5.41) is 11.8. The van der Waals surface area contributed by atoms with E-state index in [-0.39, 0.29) is 17.7 Å². The number of carbonyl (C=O) groups is 1. The zero-order valence-electron chi connectivity index (χ0n) is 14.5. The molecule has 0 bridgehead atoms. The number of halogens is 1. The number of hydrogen-bond acceptors (Lipinski definition) is 5. The Bertz CT molecular complexity index is 706. The molecule has 0 aliphatic carbocycles. The Labute approximate surface area is 161 Å². The van der Waals surface area contributed by atoms with Gasteiger partial charge in [-0.15, -0.1) is 10.2 Å². The lowest BCUT2D eigenvalue weighted by atomic mass is 10.1. The third-order valence-electron chi connectivity index (χ3n) is 3.76. The van der Waals surface area contributed by atoms with E-state index in [0.29, 0.717) is 11.0 Å². The summed E-state index contributed by atoms with van der Waals surface area (Å²) in [7, 11) is 0. The minimum absolute atomic E-state index is 0.0144. The first-order chi connectivity index (χ1) is 12.0. The number of carbonyl (C=O) groups excluding carboxylic acids is 1. The number of aromatic nitrogens is 3. The van der Waals surface area contributed by atoms with Gasteiger partial charge in [0.15, 0.2) is 5.82 Å². The zero-order chi connectivity index (χ0) is 18.2. The Hall–Kier alpha value is -1.54. The van der Waals surface area contributed by atoms with Crippen molar-refractivity contribution < 1.29 is 4.79 Å². The van der Waals surface area contributed by atoms with Crippen molar-refractivity contribution in [1.29, 1.82) is 0 Å². The van der Waals surface area contributed by atoms with Gasteiger partial charge in [-0.1, -0.05) is 66.0 Å². The number of amides is 1. The molecule has 1 unspecified atom stereocenters. The highest BCUT2D eigenvalue weighted by atomic mass is 79.9. The lowest BCUT2D eigenvalue weighted by molar-refractivity contribution is -0.119. The van der Waals surface area contributed by atoms with Crippen molar-refractivity contribution in [1.82, 2.24) is 20.2 Å². The second kappa shape index (κ2) is 9.82. The molecular weight excluding hydrogens is 402 g/mol. The van der Waals surface area contributed by atoms with E-state index in [1.165, 1.54) is 29.3 Å². The van der Waals surface area contributed by atoms with Gasteiger partial charge in [0, 0.05) is 16.1 Å². The zero-order valence-corrected chi connectivity index (χ0v) is 16.9. The second-order valence-corrected chi connectivity index (χ2v) is 7.71. The molecule has 0 saturated carbocycles. The molecule has 0 aliphatic heterocycles. The van der Waals surface area contributed by atoms with Crippen LogP contribution in [0.25, 0.3) is 11.4 Å². The predicted octanol–water partition coefficient (Wildman–Crippen LogP) is 3.60. The minimum atomic E-state index is -0.0144. The molecule has 0 saturated heterocycles. The van der Waals surface area contributed by atoms with E-state index in [1.807, 2.05) is 31.2 Å². The van der Waals surface area contributed by atoms with Crippen LogP contribution in [0.1, 0.15) is 39.5 Å². The third kappa shape index (κ3) is 5.74. The molecule has 1 aromatic carbocycles. The molecule has 3 N–H and O–H groups in total. The van der Waals surface area contributed by atoms with Gasteiger partial charge in [-0.2, -0.15) is 0 Å². The Morgan fingerprint density at radius 1 is 1.36 bits per heavy atom. The summed E-state index contributed by atoms with van der Waals surface area (Å²) in [5.74, 6) is 6.90. The summed E-state index contributed by atoms with van der Waals surface area (Å²) in [6.45, 7) is 4.21. The van der Waals surface area contributed by atoms with Crippen LogP contribution in [0.15, 0.2) is 33.9 Å². The van der Waals surface area contributed by atoms with Gasteiger partial charge >= 0.3 is 0 Å². The molecule has 0 fully saturated rings. The van der Waals surface area contributed by atoms with Crippen molar-refractivity contribution in [2.75, 3.05) is 11.6 Å². The summed E-state index contributed by atoms with van der Waals surface area (Å²) in [4.78, 5) is 12.1. The summed E-state index contributed by atoms with van der Waals surface area (Å²) >= 11 is 4.77. The molecule has 1 amide bonds. The van der Waals surface area contributed by atoms with Crippen LogP contribution in [0.3, 0.4) is 0 Å². The van der Waals surface area contributed by atoms with Gasteiger partial charge in [0.1, 0.15) is 0 Å². The molecule has 6 nitrogen and oxygen atoms in total. The standard InChI is InChI=1S/C17H24BrN5OS/c1-3-4-5-8-12(2)20-15(24)11-25-17-22-21-16(23(17)19)13-9-6-7-10-14(13)18/h6-7,9-10,12H,3-5,8,11,19H2,1-2H3,(H,20,24). The first kappa shape index (κ1) is 19.8. The lowest BCUT2D eigenvalue weighted by Crippen LogP contribution is -2.33. The van der Waals surface area contributed by atoms with Gasteiger partial charge in [0.25, 0.3) is 0 Å². The quantitative estimate of drug-likeness (QED) is 0.364. The maximum atomic E-state index is 12.1. The average Bonchev–Trinajstić information content (AvgIpc) is 2.94. The highest BCUT2D eigenvalue weighted by molar-refractivity contribution is 9.10. The van der Waals surface area contributed by atoms with Gasteiger partial charge in [-0.05, 0) is 25.5 Å². The van der Waals surface area contributed by atoms with E-state index >= 15 is 0 Å². The molecule has 8 heteroatoms. The number of nitrogens with zero attached hydrogens (tertiary/aromatic N) is 3. The molecule has 2 rings (SSSR count). The van der Waals surface area contributed by atoms with Crippen molar-refractivity contribution in [3.05, 3.63) is 28.7 Å². The van der Waals surface area contributed by atoms with E-state index in [0.717, 1.165) is 22.9 Å². The average molecular weight is 426 g/mol. The normalized spacial score (nSPS) is 12.1. The van der Waals surface area contributed by atoms with E-state index in [9.17, 15) is 4.79 Å². The van der Waals surface area contributed by atoms with Crippen LogP contribution < -0.4 is 11.2 Å². The Morgan fingerprint density at radius 3 is 2.84 bits per heavy atom. The molecule has 1 aromatic heterocycles. The fourth-order valence-electron chi connectivity index (χ4n) is 2.42. The highest BCUT2D eigenvalue weighted by Crippen LogP contribution is 2.27. The van der Waals surface area contributed by atoms with Gasteiger partial charge in [0.2, 0.25) is 11.1 Å². The first-order valence-corrected chi connectivity index (χ1v) is 10.2. The molecule has 0 spiro atoms. The van der Waals surface area contributed by atoms with Crippen LogP contribution in [0.4, 0.5) is 0 Å². The largest absolute Gasteiger partial charge is 0.353 e. The summed E-state index contributed by atoms with van der Waals surface area (Å²) in [6.07, 6.45) is 4.52. The highest BCUT2D eigenvalue weighted by Gasteiger charge is 2.16. The maximum absolute atomic E-state index is 12.1. The minimum Gasteiger partial charge on any atom is -0.353 e. The van der Waals surface area contributed by atoms with Crippen molar-refractivity contribution in [3.63, 3.8) is 0 Å². The van der Waals surface area contributed by atoms with Crippen molar-refractivity contribution in [2.45, 2.75) is 50.7 Å². The molecule has 0 radical (unpaired) electrons. The molecule has 25 heavy (non-hydrogen) atoms. The van der Waals surface area contributed by atoms with E-state index < -0.39 is 0 Å². The molecule has 1 atom stereocenters. The van der Waals surface area contributed by atoms with E-state index in [1.54, 1.807) is 0 Å². The summed E-state index contributed by atoms with van der Waals surface area (Å²) < 4.78 is 2.31. The maximum Gasteiger partial charge on any atom is 0.230 e. The predicted molar refractivity (Wildman–Crippen MR) is 106 cm³/mol. The van der Waals surface area contributed by atoms with Crippen LogP contribution in [0.5, 0.6) is 0 Å². The molecule has 136 valence electrons.